The molecule has 0 aliphatic carbocycles. The van der Waals surface area contributed by atoms with E-state index in [2.05, 4.69) is 22.0 Å². The second-order valence-electron chi connectivity index (χ2n) is 6.44. The molecule has 26 heavy (non-hydrogen) atoms. The first kappa shape index (κ1) is 18.7. The average Bonchev–Trinajstić information content (AvgIpc) is 2.64. The lowest BCUT2D eigenvalue weighted by atomic mass is 10.1. The largest absolute Gasteiger partial charge is 0.368 e. The maximum Gasteiger partial charge on any atom is 0.228 e. The molecule has 0 unspecified atom stereocenters. The summed E-state index contributed by atoms with van der Waals surface area (Å²) in [6, 6.07) is 11.5. The zero-order chi connectivity index (χ0) is 18.5. The number of hydrogen-bond donors (Lipinski definition) is 1. The van der Waals surface area contributed by atoms with Crippen molar-refractivity contribution >= 4 is 28.9 Å². The standard InChI is InChI=1S/C20H23ClFN3O/c1-2-24-9-11-25(12-10-24)19-8-7-17(14-18(19)21)23-20(26)13-15-3-5-16(22)6-4-15/h3-8,14H,2,9-13H2,1H3,(H,23,26). The van der Waals surface area contributed by atoms with Crippen molar-refractivity contribution in [3.8, 4) is 0 Å². The van der Waals surface area contributed by atoms with Crippen molar-refractivity contribution in [2.75, 3.05) is 42.9 Å². The molecule has 1 saturated heterocycles. The Bertz CT molecular complexity index is 758. The first-order chi connectivity index (χ1) is 12.5. The van der Waals surface area contributed by atoms with Crippen LogP contribution in [-0.4, -0.2) is 43.5 Å². The van der Waals surface area contributed by atoms with E-state index in [1.54, 1.807) is 18.2 Å². The molecular formula is C20H23ClFN3O. The lowest BCUT2D eigenvalue weighted by molar-refractivity contribution is -0.115. The number of hydrogen-bond acceptors (Lipinski definition) is 3. The van der Waals surface area contributed by atoms with E-state index in [9.17, 15) is 9.18 Å². The maximum absolute atomic E-state index is 12.9. The SMILES string of the molecule is CCN1CCN(c2ccc(NC(=O)Cc3ccc(F)cc3)cc2Cl)CC1. The first-order valence-corrected chi connectivity index (χ1v) is 9.24. The molecule has 138 valence electrons. The Hall–Kier alpha value is -2.11. The van der Waals surface area contributed by atoms with Gasteiger partial charge in [-0.1, -0.05) is 30.7 Å². The Morgan fingerprint density at radius 3 is 2.42 bits per heavy atom. The van der Waals surface area contributed by atoms with Crippen molar-refractivity contribution in [3.05, 3.63) is 58.9 Å². The molecule has 0 atom stereocenters. The molecule has 0 bridgehead atoms. The predicted molar refractivity (Wildman–Crippen MR) is 105 cm³/mol. The average molecular weight is 376 g/mol. The van der Waals surface area contributed by atoms with Crippen molar-refractivity contribution in [1.82, 2.24) is 4.90 Å². The third kappa shape index (κ3) is 4.74. The Morgan fingerprint density at radius 1 is 1.12 bits per heavy atom. The van der Waals surface area contributed by atoms with Crippen LogP contribution in [0.5, 0.6) is 0 Å². The van der Waals surface area contributed by atoms with Crippen molar-refractivity contribution < 1.29 is 9.18 Å². The summed E-state index contributed by atoms with van der Waals surface area (Å²) in [5.41, 5.74) is 2.43. The van der Waals surface area contributed by atoms with Crippen LogP contribution in [0, 0.1) is 5.82 Å². The second kappa shape index (κ2) is 8.52. The van der Waals surface area contributed by atoms with Gasteiger partial charge in [0, 0.05) is 31.9 Å². The number of anilines is 2. The van der Waals surface area contributed by atoms with E-state index in [4.69, 9.17) is 11.6 Å². The molecule has 6 heteroatoms. The fourth-order valence-corrected chi connectivity index (χ4v) is 3.44. The molecule has 1 N–H and O–H groups in total. The summed E-state index contributed by atoms with van der Waals surface area (Å²) in [5, 5.41) is 3.48. The van der Waals surface area contributed by atoms with Gasteiger partial charge in [-0.05, 0) is 42.4 Å². The highest BCUT2D eigenvalue weighted by Crippen LogP contribution is 2.29. The summed E-state index contributed by atoms with van der Waals surface area (Å²) in [6.07, 6.45) is 0.193. The van der Waals surface area contributed by atoms with Gasteiger partial charge in [0.25, 0.3) is 0 Å². The minimum atomic E-state index is -0.309. The number of nitrogens with one attached hydrogen (secondary N) is 1. The highest BCUT2D eigenvalue weighted by Gasteiger charge is 2.18. The molecule has 0 aromatic heterocycles. The fraction of sp³-hybridized carbons (Fsp3) is 0.350. The van der Waals surface area contributed by atoms with Crippen LogP contribution in [0.4, 0.5) is 15.8 Å². The molecule has 0 radical (unpaired) electrons. The maximum atomic E-state index is 12.9. The lowest BCUT2D eigenvalue weighted by Crippen LogP contribution is -2.46. The number of piperazine rings is 1. The molecule has 1 heterocycles. The van der Waals surface area contributed by atoms with Crippen LogP contribution in [0.15, 0.2) is 42.5 Å². The lowest BCUT2D eigenvalue weighted by Gasteiger charge is -2.36. The van der Waals surface area contributed by atoms with Crippen molar-refractivity contribution in [2.24, 2.45) is 0 Å². The minimum Gasteiger partial charge on any atom is -0.368 e. The van der Waals surface area contributed by atoms with E-state index in [-0.39, 0.29) is 18.1 Å². The van der Waals surface area contributed by atoms with Crippen LogP contribution in [0.3, 0.4) is 0 Å². The summed E-state index contributed by atoms with van der Waals surface area (Å²) < 4.78 is 12.9. The molecule has 2 aromatic rings. The van der Waals surface area contributed by atoms with Crippen molar-refractivity contribution in [2.45, 2.75) is 13.3 Å². The van der Waals surface area contributed by atoms with Crippen LogP contribution in [0.2, 0.25) is 5.02 Å². The van der Waals surface area contributed by atoms with Gasteiger partial charge in [0.15, 0.2) is 0 Å². The summed E-state index contributed by atoms with van der Waals surface area (Å²) >= 11 is 6.45. The Balaban J connectivity index is 1.60. The third-order valence-corrected chi connectivity index (χ3v) is 4.97. The molecule has 1 aliphatic heterocycles. The number of amides is 1. The highest BCUT2D eigenvalue weighted by atomic mass is 35.5. The summed E-state index contributed by atoms with van der Waals surface area (Å²) in [6.45, 7) is 7.20. The number of benzene rings is 2. The minimum absolute atomic E-state index is 0.156. The van der Waals surface area contributed by atoms with Gasteiger partial charge in [0.05, 0.1) is 17.1 Å². The van der Waals surface area contributed by atoms with Crippen LogP contribution < -0.4 is 10.2 Å². The summed E-state index contributed by atoms with van der Waals surface area (Å²) in [4.78, 5) is 16.9. The van der Waals surface area contributed by atoms with Gasteiger partial charge >= 0.3 is 0 Å². The Kier molecular flexibility index (Phi) is 6.12. The normalized spacial score (nSPS) is 15.1. The van der Waals surface area contributed by atoms with Gasteiger partial charge in [0.2, 0.25) is 5.91 Å². The van der Waals surface area contributed by atoms with Crippen molar-refractivity contribution in [3.63, 3.8) is 0 Å². The Labute approximate surface area is 158 Å². The number of carbonyl (C=O) groups excluding carboxylic acids is 1. The molecule has 2 aromatic carbocycles. The second-order valence-corrected chi connectivity index (χ2v) is 6.85. The number of halogens is 2. The van der Waals surface area contributed by atoms with E-state index in [1.165, 1.54) is 12.1 Å². The number of nitrogens with zero attached hydrogens (tertiary/aromatic N) is 2. The Morgan fingerprint density at radius 2 is 1.81 bits per heavy atom. The van der Waals surface area contributed by atoms with E-state index < -0.39 is 0 Å². The molecule has 0 saturated carbocycles. The van der Waals surface area contributed by atoms with Crippen LogP contribution in [0.1, 0.15) is 12.5 Å². The van der Waals surface area contributed by atoms with Crippen LogP contribution in [-0.2, 0) is 11.2 Å². The smallest absolute Gasteiger partial charge is 0.228 e. The number of rotatable bonds is 5. The highest BCUT2D eigenvalue weighted by molar-refractivity contribution is 6.33. The van der Waals surface area contributed by atoms with Crippen LogP contribution in [0.25, 0.3) is 0 Å². The van der Waals surface area contributed by atoms with E-state index in [0.717, 1.165) is 44.0 Å². The van der Waals surface area contributed by atoms with Gasteiger partial charge in [0.1, 0.15) is 5.82 Å². The molecule has 1 amide bonds. The van der Waals surface area contributed by atoms with E-state index in [0.29, 0.717) is 10.7 Å². The zero-order valence-electron chi connectivity index (χ0n) is 14.8. The van der Waals surface area contributed by atoms with Crippen LogP contribution >= 0.6 is 11.6 Å². The molecule has 1 fully saturated rings. The molecule has 3 rings (SSSR count). The molecule has 1 aliphatic rings. The van der Waals surface area contributed by atoms with Gasteiger partial charge in [-0.3, -0.25) is 4.79 Å². The zero-order valence-corrected chi connectivity index (χ0v) is 15.6. The van der Waals surface area contributed by atoms with Gasteiger partial charge in [-0.15, -0.1) is 0 Å². The van der Waals surface area contributed by atoms with Gasteiger partial charge < -0.3 is 15.1 Å². The first-order valence-electron chi connectivity index (χ1n) is 8.86. The van der Waals surface area contributed by atoms with E-state index in [1.807, 2.05) is 12.1 Å². The fourth-order valence-electron chi connectivity index (χ4n) is 3.14. The van der Waals surface area contributed by atoms with Crippen molar-refractivity contribution in [1.29, 1.82) is 0 Å². The van der Waals surface area contributed by atoms with Gasteiger partial charge in [-0.2, -0.15) is 0 Å². The monoisotopic (exact) mass is 375 g/mol. The van der Waals surface area contributed by atoms with Gasteiger partial charge in [-0.25, -0.2) is 4.39 Å². The predicted octanol–water partition coefficient (Wildman–Crippen LogP) is 3.80. The third-order valence-electron chi connectivity index (χ3n) is 4.67. The summed E-state index contributed by atoms with van der Waals surface area (Å²) in [5.74, 6) is -0.465. The number of carbonyl (C=O) groups is 1. The topological polar surface area (TPSA) is 35.6 Å². The van der Waals surface area contributed by atoms with E-state index >= 15 is 0 Å². The molecule has 4 nitrogen and oxygen atoms in total. The summed E-state index contributed by atoms with van der Waals surface area (Å²) in [7, 11) is 0. The number of likely N-dealkylation sites (N-methyl/N-ethyl adjacent to an activating group) is 1. The quantitative estimate of drug-likeness (QED) is 0.863. The molecular weight excluding hydrogens is 353 g/mol. The molecule has 0 spiro atoms.